The number of hydrogen-bond donors (Lipinski definition) is 1. The van der Waals surface area contributed by atoms with Crippen LogP contribution in [0.15, 0.2) is 39.4 Å². The monoisotopic (exact) mass is 397 g/mol. The summed E-state index contributed by atoms with van der Waals surface area (Å²) in [5.41, 5.74) is 1.64. The normalized spacial score (nSPS) is 15.7. The number of halogens is 2. The average Bonchev–Trinajstić information content (AvgIpc) is 2.95. The van der Waals surface area contributed by atoms with Crippen molar-refractivity contribution in [1.29, 1.82) is 0 Å². The van der Waals surface area contributed by atoms with E-state index in [2.05, 4.69) is 38.1 Å². The molecule has 1 saturated heterocycles. The van der Waals surface area contributed by atoms with E-state index in [1.54, 1.807) is 18.2 Å². The van der Waals surface area contributed by atoms with E-state index in [-0.39, 0.29) is 11.7 Å². The maximum absolute atomic E-state index is 12.1. The van der Waals surface area contributed by atoms with Gasteiger partial charge in [-0.05, 0) is 53.3 Å². The second-order valence-corrected chi connectivity index (χ2v) is 6.70. The highest BCUT2D eigenvalue weighted by molar-refractivity contribution is 9.10. The number of likely N-dealkylation sites (N-methyl/N-ethyl adjacent to an activating group) is 1. The zero-order chi connectivity index (χ0) is 16.4. The number of hydrogen-bond acceptors (Lipinski definition) is 4. The first-order valence-corrected chi connectivity index (χ1v) is 8.50. The van der Waals surface area contributed by atoms with Crippen LogP contribution in [0.5, 0.6) is 0 Å². The number of rotatable bonds is 3. The summed E-state index contributed by atoms with van der Waals surface area (Å²) in [4.78, 5) is 16.6. The fourth-order valence-corrected chi connectivity index (χ4v) is 3.12. The van der Waals surface area contributed by atoms with Crippen molar-refractivity contribution in [3.63, 3.8) is 0 Å². The Morgan fingerprint density at radius 2 is 1.96 bits per heavy atom. The lowest BCUT2D eigenvalue weighted by Gasteiger charge is -2.34. The molecule has 1 aliphatic heterocycles. The highest BCUT2D eigenvalue weighted by atomic mass is 79.9. The van der Waals surface area contributed by atoms with E-state index < -0.39 is 0 Å². The topological polar surface area (TPSA) is 48.7 Å². The van der Waals surface area contributed by atoms with Crippen LogP contribution in [0.1, 0.15) is 10.6 Å². The summed E-state index contributed by atoms with van der Waals surface area (Å²) in [7, 11) is 2.12. The molecule has 2 aromatic rings. The molecule has 5 nitrogen and oxygen atoms in total. The molecule has 122 valence electrons. The molecular weight excluding hydrogens is 382 g/mol. The van der Waals surface area contributed by atoms with Crippen molar-refractivity contribution in [3.8, 4) is 0 Å². The smallest absolute Gasteiger partial charge is 0.291 e. The van der Waals surface area contributed by atoms with Crippen molar-refractivity contribution in [3.05, 3.63) is 45.8 Å². The molecule has 1 aliphatic rings. The number of piperazine rings is 1. The minimum atomic E-state index is -0.306. The average molecular weight is 399 g/mol. The number of carbonyl (C=O) groups is 1. The van der Waals surface area contributed by atoms with Gasteiger partial charge in [-0.25, -0.2) is 0 Å². The van der Waals surface area contributed by atoms with Gasteiger partial charge in [-0.1, -0.05) is 11.6 Å². The number of nitrogens with one attached hydrogen (secondary N) is 1. The Labute approximate surface area is 148 Å². The fraction of sp³-hybridized carbons (Fsp3) is 0.312. The number of benzene rings is 1. The van der Waals surface area contributed by atoms with Gasteiger partial charge >= 0.3 is 0 Å². The van der Waals surface area contributed by atoms with Crippen LogP contribution in [0, 0.1) is 0 Å². The molecule has 0 atom stereocenters. The van der Waals surface area contributed by atoms with Gasteiger partial charge in [-0.2, -0.15) is 0 Å². The Bertz CT molecular complexity index is 711. The second-order valence-electron chi connectivity index (χ2n) is 5.51. The molecule has 23 heavy (non-hydrogen) atoms. The van der Waals surface area contributed by atoms with E-state index in [9.17, 15) is 4.79 Å². The van der Waals surface area contributed by atoms with Gasteiger partial charge in [0, 0.05) is 31.9 Å². The predicted octanol–water partition coefficient (Wildman–Crippen LogP) is 3.70. The van der Waals surface area contributed by atoms with E-state index >= 15 is 0 Å². The quantitative estimate of drug-likeness (QED) is 0.856. The SMILES string of the molecule is CN1CCN(c2ccc(NC(=O)c3ccc(Br)o3)cc2Cl)CC1. The minimum absolute atomic E-state index is 0.246. The van der Waals surface area contributed by atoms with Gasteiger partial charge in [0.1, 0.15) is 0 Å². The van der Waals surface area contributed by atoms with Gasteiger partial charge in [-0.3, -0.25) is 4.79 Å². The molecule has 1 fully saturated rings. The molecule has 0 bridgehead atoms. The van der Waals surface area contributed by atoms with Crippen molar-refractivity contribution < 1.29 is 9.21 Å². The van der Waals surface area contributed by atoms with Crippen LogP contribution in [0.25, 0.3) is 0 Å². The van der Waals surface area contributed by atoms with Crippen molar-refractivity contribution in [2.75, 3.05) is 43.4 Å². The van der Waals surface area contributed by atoms with Crippen LogP contribution in [-0.2, 0) is 0 Å². The van der Waals surface area contributed by atoms with Crippen LogP contribution in [0.2, 0.25) is 5.02 Å². The first-order chi connectivity index (χ1) is 11.0. The number of amides is 1. The molecular formula is C16H17BrClN3O2. The lowest BCUT2D eigenvalue weighted by Crippen LogP contribution is -2.44. The summed E-state index contributed by atoms with van der Waals surface area (Å²) in [6, 6.07) is 8.86. The summed E-state index contributed by atoms with van der Waals surface area (Å²) in [6.07, 6.45) is 0. The number of nitrogens with zero attached hydrogens (tertiary/aromatic N) is 2. The summed E-state index contributed by atoms with van der Waals surface area (Å²) in [5, 5.41) is 3.42. The molecule has 0 spiro atoms. The molecule has 1 N–H and O–H groups in total. The molecule has 7 heteroatoms. The summed E-state index contributed by atoms with van der Waals surface area (Å²) in [5.74, 6) is -0.0599. The molecule has 0 radical (unpaired) electrons. The van der Waals surface area contributed by atoms with Crippen LogP contribution in [-0.4, -0.2) is 44.0 Å². The van der Waals surface area contributed by atoms with Gasteiger partial charge < -0.3 is 19.5 Å². The molecule has 1 aromatic carbocycles. The van der Waals surface area contributed by atoms with Crippen molar-refractivity contribution >= 4 is 44.8 Å². The van der Waals surface area contributed by atoms with Crippen molar-refractivity contribution in [2.24, 2.45) is 0 Å². The first kappa shape index (κ1) is 16.4. The van der Waals surface area contributed by atoms with E-state index in [0.29, 0.717) is 15.4 Å². The maximum Gasteiger partial charge on any atom is 0.291 e. The molecule has 3 rings (SSSR count). The Balaban J connectivity index is 1.70. The maximum atomic E-state index is 12.1. The third kappa shape index (κ3) is 3.88. The summed E-state index contributed by atoms with van der Waals surface area (Å²) in [6.45, 7) is 3.93. The zero-order valence-electron chi connectivity index (χ0n) is 12.7. The molecule has 1 amide bonds. The minimum Gasteiger partial charge on any atom is -0.444 e. The Morgan fingerprint density at radius 1 is 1.22 bits per heavy atom. The van der Waals surface area contributed by atoms with Gasteiger partial charge in [0.05, 0.1) is 10.7 Å². The fourth-order valence-electron chi connectivity index (χ4n) is 2.52. The number of anilines is 2. The number of carbonyl (C=O) groups excluding carboxylic acids is 1. The Morgan fingerprint density at radius 3 is 2.57 bits per heavy atom. The first-order valence-electron chi connectivity index (χ1n) is 7.32. The Kier molecular flexibility index (Phi) is 4.94. The second kappa shape index (κ2) is 6.95. The summed E-state index contributed by atoms with van der Waals surface area (Å²) >= 11 is 9.57. The van der Waals surface area contributed by atoms with E-state index in [1.165, 1.54) is 0 Å². The van der Waals surface area contributed by atoms with E-state index in [4.69, 9.17) is 16.0 Å². The molecule has 2 heterocycles. The molecule has 0 unspecified atom stereocenters. The zero-order valence-corrected chi connectivity index (χ0v) is 15.0. The van der Waals surface area contributed by atoms with Crippen LogP contribution in [0.4, 0.5) is 11.4 Å². The third-order valence-corrected chi connectivity index (χ3v) is 4.58. The predicted molar refractivity (Wildman–Crippen MR) is 95.5 cm³/mol. The van der Waals surface area contributed by atoms with Gasteiger partial charge in [0.15, 0.2) is 10.4 Å². The van der Waals surface area contributed by atoms with Gasteiger partial charge in [-0.15, -0.1) is 0 Å². The highest BCUT2D eigenvalue weighted by Crippen LogP contribution is 2.30. The third-order valence-electron chi connectivity index (χ3n) is 3.85. The summed E-state index contributed by atoms with van der Waals surface area (Å²) < 4.78 is 5.75. The molecule has 0 saturated carbocycles. The largest absolute Gasteiger partial charge is 0.444 e. The van der Waals surface area contributed by atoms with Gasteiger partial charge in [0.2, 0.25) is 0 Å². The Hall–Kier alpha value is -1.50. The van der Waals surface area contributed by atoms with Crippen molar-refractivity contribution in [2.45, 2.75) is 0 Å². The lowest BCUT2D eigenvalue weighted by molar-refractivity contribution is 0.0995. The van der Waals surface area contributed by atoms with Crippen LogP contribution < -0.4 is 10.2 Å². The molecule has 0 aliphatic carbocycles. The van der Waals surface area contributed by atoms with Gasteiger partial charge in [0.25, 0.3) is 5.91 Å². The molecule has 1 aromatic heterocycles. The van der Waals surface area contributed by atoms with E-state index in [1.807, 2.05) is 12.1 Å². The van der Waals surface area contributed by atoms with E-state index in [0.717, 1.165) is 31.9 Å². The van der Waals surface area contributed by atoms with Crippen LogP contribution >= 0.6 is 27.5 Å². The van der Waals surface area contributed by atoms with Crippen LogP contribution in [0.3, 0.4) is 0 Å². The standard InChI is InChI=1S/C16H17BrClN3O2/c1-20-6-8-21(9-7-20)13-3-2-11(10-12(13)18)19-16(22)14-4-5-15(17)23-14/h2-5,10H,6-9H2,1H3,(H,19,22). The van der Waals surface area contributed by atoms with Crippen molar-refractivity contribution in [1.82, 2.24) is 4.90 Å². The lowest BCUT2D eigenvalue weighted by atomic mass is 10.2. The number of furan rings is 1. The highest BCUT2D eigenvalue weighted by Gasteiger charge is 2.17.